The zero-order valence-electron chi connectivity index (χ0n) is 20.1. The Morgan fingerprint density at radius 3 is 2.42 bits per heavy atom. The summed E-state index contributed by atoms with van der Waals surface area (Å²) < 4.78 is 39.5. The lowest BCUT2D eigenvalue weighted by atomic mass is 9.83. The van der Waals surface area contributed by atoms with Gasteiger partial charge in [0.1, 0.15) is 11.5 Å². The zero-order chi connectivity index (χ0) is 25.3. The predicted molar refractivity (Wildman–Crippen MR) is 138 cm³/mol. The molecule has 2 N–H and O–H groups in total. The number of anilines is 1. The summed E-state index contributed by atoms with van der Waals surface area (Å²) in [5, 5.41) is 13.5. The third-order valence-electron chi connectivity index (χ3n) is 6.91. The monoisotopic (exact) mass is 504 g/mol. The molecule has 0 aliphatic carbocycles. The first kappa shape index (κ1) is 24.2. The minimum atomic E-state index is -3.79. The highest BCUT2D eigenvalue weighted by Crippen LogP contribution is 2.48. The minimum absolute atomic E-state index is 0.0623. The summed E-state index contributed by atoms with van der Waals surface area (Å²) in [6.07, 6.45) is 0.646. The number of hydrogen-bond acceptors (Lipinski definition) is 6. The van der Waals surface area contributed by atoms with Gasteiger partial charge in [0.15, 0.2) is 0 Å². The van der Waals surface area contributed by atoms with Crippen molar-refractivity contribution in [3.63, 3.8) is 0 Å². The van der Waals surface area contributed by atoms with E-state index in [1.54, 1.807) is 35.7 Å². The summed E-state index contributed by atoms with van der Waals surface area (Å²) in [4.78, 5) is 0.193. The normalized spacial score (nSPS) is 20.9. The van der Waals surface area contributed by atoms with Crippen molar-refractivity contribution in [2.75, 3.05) is 32.7 Å². The first-order valence-corrected chi connectivity index (χ1v) is 13.2. The molecule has 0 spiro atoms. The fraction of sp³-hybridized carbons (Fsp3) is 0.286. The van der Waals surface area contributed by atoms with Gasteiger partial charge in [0.05, 0.1) is 37.8 Å². The molecule has 0 amide bonds. The number of nitrogens with one attached hydrogen (secondary N) is 1. The number of nitrogens with zero attached hydrogens (tertiary/aromatic N) is 1. The van der Waals surface area contributed by atoms with Crippen LogP contribution in [0, 0.1) is 17.8 Å². The van der Waals surface area contributed by atoms with Crippen LogP contribution in [0.1, 0.15) is 29.2 Å². The van der Waals surface area contributed by atoms with Crippen LogP contribution in [0.3, 0.4) is 0 Å². The zero-order valence-corrected chi connectivity index (χ0v) is 21.0. The predicted octanol–water partition coefficient (Wildman–Crippen LogP) is 3.64. The van der Waals surface area contributed by atoms with Gasteiger partial charge in [-0.25, -0.2) is 8.42 Å². The van der Waals surface area contributed by atoms with Crippen LogP contribution >= 0.6 is 0 Å². The molecule has 0 aromatic heterocycles. The SMILES string of the molecule is COc1ccc(C#Cc2ccc3c(c2)[C@H]2[C@H](CCN2S(=O)(=O)c2cccc(OC)c2)[C@H](CO)N3)cc1. The van der Waals surface area contributed by atoms with E-state index in [1.807, 2.05) is 42.5 Å². The van der Waals surface area contributed by atoms with Gasteiger partial charge in [-0.1, -0.05) is 17.9 Å². The molecule has 0 bridgehead atoms. The summed E-state index contributed by atoms with van der Waals surface area (Å²) in [6, 6.07) is 19.2. The van der Waals surface area contributed by atoms with Crippen molar-refractivity contribution in [2.24, 2.45) is 5.92 Å². The maximum Gasteiger partial charge on any atom is 0.243 e. The van der Waals surface area contributed by atoms with Gasteiger partial charge in [-0.3, -0.25) is 0 Å². The topological polar surface area (TPSA) is 88.1 Å². The van der Waals surface area contributed by atoms with Gasteiger partial charge >= 0.3 is 0 Å². The van der Waals surface area contributed by atoms with Crippen LogP contribution in [0.15, 0.2) is 71.6 Å². The Labute approximate surface area is 211 Å². The third-order valence-corrected chi connectivity index (χ3v) is 8.79. The van der Waals surface area contributed by atoms with E-state index in [0.717, 1.165) is 28.1 Å². The van der Waals surface area contributed by atoms with Crippen LogP contribution in [0.5, 0.6) is 11.5 Å². The summed E-state index contributed by atoms with van der Waals surface area (Å²) >= 11 is 0. The van der Waals surface area contributed by atoms with Crippen LogP contribution in [0.25, 0.3) is 0 Å². The Morgan fingerprint density at radius 1 is 0.972 bits per heavy atom. The Morgan fingerprint density at radius 2 is 1.69 bits per heavy atom. The van der Waals surface area contributed by atoms with Gasteiger partial charge < -0.3 is 19.9 Å². The third kappa shape index (κ3) is 4.42. The molecule has 2 aliphatic heterocycles. The molecule has 1 fully saturated rings. The molecule has 1 saturated heterocycles. The summed E-state index contributed by atoms with van der Waals surface area (Å²) in [6.45, 7) is 0.293. The molecule has 2 heterocycles. The Bertz CT molecular complexity index is 1430. The van der Waals surface area contributed by atoms with Gasteiger partial charge in [-0.05, 0) is 66.6 Å². The van der Waals surface area contributed by atoms with E-state index >= 15 is 0 Å². The van der Waals surface area contributed by atoms with Crippen molar-refractivity contribution in [3.05, 3.63) is 83.4 Å². The van der Waals surface area contributed by atoms with Crippen molar-refractivity contribution in [1.82, 2.24) is 4.31 Å². The van der Waals surface area contributed by atoms with Crippen molar-refractivity contribution < 1.29 is 23.0 Å². The van der Waals surface area contributed by atoms with E-state index in [1.165, 1.54) is 7.11 Å². The second kappa shape index (κ2) is 9.86. The highest BCUT2D eigenvalue weighted by molar-refractivity contribution is 7.89. The molecule has 0 radical (unpaired) electrons. The van der Waals surface area contributed by atoms with E-state index in [9.17, 15) is 13.5 Å². The average molecular weight is 505 g/mol. The van der Waals surface area contributed by atoms with Crippen molar-refractivity contribution in [2.45, 2.75) is 23.4 Å². The van der Waals surface area contributed by atoms with Gasteiger partial charge in [0, 0.05) is 35.3 Å². The minimum Gasteiger partial charge on any atom is -0.497 e. The molecule has 36 heavy (non-hydrogen) atoms. The van der Waals surface area contributed by atoms with Crippen LogP contribution < -0.4 is 14.8 Å². The molecule has 186 valence electrons. The van der Waals surface area contributed by atoms with E-state index < -0.39 is 16.1 Å². The lowest BCUT2D eigenvalue weighted by Gasteiger charge is -2.38. The lowest BCUT2D eigenvalue weighted by Crippen LogP contribution is -2.42. The van der Waals surface area contributed by atoms with E-state index in [0.29, 0.717) is 18.7 Å². The fourth-order valence-electron chi connectivity index (χ4n) is 5.08. The molecule has 3 aromatic carbocycles. The van der Waals surface area contributed by atoms with Crippen molar-refractivity contribution in [1.29, 1.82) is 0 Å². The standard InChI is InChI=1S/C28H28N2O5S/c1-34-21-11-8-19(9-12-21)6-7-20-10-13-26-25(16-20)28-24(27(18-31)29-26)14-15-30(28)36(32,33)23-5-3-4-22(17-23)35-2/h3-5,8-13,16-17,24,27-29,31H,14-15,18H2,1-2H3/t24-,27+,28-/m1/s1. The van der Waals surface area contributed by atoms with Gasteiger partial charge in [0.25, 0.3) is 0 Å². The molecule has 3 atom stereocenters. The summed E-state index contributed by atoms with van der Waals surface area (Å²) in [5.74, 6) is 7.56. The summed E-state index contributed by atoms with van der Waals surface area (Å²) in [5.41, 5.74) is 3.33. The number of sulfonamides is 1. The second-order valence-corrected chi connectivity index (χ2v) is 10.8. The largest absolute Gasteiger partial charge is 0.497 e. The molecule has 3 aromatic rings. The number of hydrogen-bond donors (Lipinski definition) is 2. The van der Waals surface area contributed by atoms with Gasteiger partial charge in [0.2, 0.25) is 10.0 Å². The average Bonchev–Trinajstić information content (AvgIpc) is 3.38. The Hall–Kier alpha value is -3.51. The molecule has 7 nitrogen and oxygen atoms in total. The molecule has 2 aliphatic rings. The Balaban J connectivity index is 1.53. The van der Waals surface area contributed by atoms with Crippen molar-refractivity contribution in [3.8, 4) is 23.3 Å². The molecule has 0 unspecified atom stereocenters. The number of benzene rings is 3. The Kier molecular flexibility index (Phi) is 6.63. The molecular weight excluding hydrogens is 476 g/mol. The van der Waals surface area contributed by atoms with E-state index in [4.69, 9.17) is 9.47 Å². The quantitative estimate of drug-likeness (QED) is 0.516. The van der Waals surface area contributed by atoms with Crippen molar-refractivity contribution >= 4 is 15.7 Å². The molecular formula is C28H28N2O5S. The van der Waals surface area contributed by atoms with Crippen LogP contribution in [0.2, 0.25) is 0 Å². The summed E-state index contributed by atoms with van der Waals surface area (Å²) in [7, 11) is -0.658. The smallest absolute Gasteiger partial charge is 0.243 e. The number of aliphatic hydroxyl groups is 1. The van der Waals surface area contributed by atoms with E-state index in [2.05, 4.69) is 17.2 Å². The first-order chi connectivity index (χ1) is 17.4. The highest BCUT2D eigenvalue weighted by atomic mass is 32.2. The number of rotatable bonds is 5. The molecule has 8 heteroatoms. The fourth-order valence-corrected chi connectivity index (χ4v) is 6.78. The van der Waals surface area contributed by atoms with E-state index in [-0.39, 0.29) is 23.5 Å². The first-order valence-electron chi connectivity index (χ1n) is 11.8. The van der Waals surface area contributed by atoms with Crippen LogP contribution in [-0.4, -0.2) is 51.2 Å². The number of ether oxygens (including phenoxy) is 2. The van der Waals surface area contributed by atoms with Crippen LogP contribution in [0.4, 0.5) is 5.69 Å². The molecule has 5 rings (SSSR count). The number of aliphatic hydroxyl groups excluding tert-OH is 1. The maximum atomic E-state index is 13.8. The maximum absolute atomic E-state index is 13.8. The number of fused-ring (bicyclic) bond motifs is 3. The number of methoxy groups -OCH3 is 2. The van der Waals surface area contributed by atoms with Gasteiger partial charge in [-0.15, -0.1) is 0 Å². The molecule has 0 saturated carbocycles. The second-order valence-electron chi connectivity index (χ2n) is 8.91. The van der Waals surface area contributed by atoms with Crippen LogP contribution in [-0.2, 0) is 10.0 Å². The van der Waals surface area contributed by atoms with Gasteiger partial charge in [-0.2, -0.15) is 4.31 Å². The highest BCUT2D eigenvalue weighted by Gasteiger charge is 2.48. The lowest BCUT2D eigenvalue weighted by molar-refractivity contribution is 0.210.